The lowest BCUT2D eigenvalue weighted by atomic mass is 10.2. The highest BCUT2D eigenvalue weighted by Crippen LogP contribution is 2.19. The quantitative estimate of drug-likeness (QED) is 0.698. The summed E-state index contributed by atoms with van der Waals surface area (Å²) in [5.41, 5.74) is 11.1. The van der Waals surface area contributed by atoms with Gasteiger partial charge in [0.15, 0.2) is 0 Å². The molecule has 0 spiro atoms. The zero-order chi connectivity index (χ0) is 9.14. The van der Waals surface area contributed by atoms with Crippen LogP contribution in [0.2, 0.25) is 0 Å². The molecule has 1 heterocycles. The Labute approximate surface area is 85.0 Å². The minimum absolute atomic E-state index is 0. The standard InChI is InChI=1S/C8H18FN3.ClH/c1-6(11)4-12-5-7(9)2-8(12)3-10;/h6-8H,2-5,10-11H2,1H3;1H/t6?,7-,8+;/m1./s1. The molecule has 0 bridgehead atoms. The van der Waals surface area contributed by atoms with Gasteiger partial charge < -0.3 is 11.5 Å². The molecule has 80 valence electrons. The number of rotatable bonds is 3. The molecule has 1 fully saturated rings. The SMILES string of the molecule is CC(N)CN1C[C@H](F)C[C@H]1CN.Cl. The lowest BCUT2D eigenvalue weighted by molar-refractivity contribution is 0.236. The van der Waals surface area contributed by atoms with E-state index < -0.39 is 6.17 Å². The van der Waals surface area contributed by atoms with Gasteiger partial charge in [0.2, 0.25) is 0 Å². The summed E-state index contributed by atoms with van der Waals surface area (Å²) in [5, 5.41) is 0. The van der Waals surface area contributed by atoms with Crippen molar-refractivity contribution >= 4 is 12.4 Å². The molecular formula is C8H19ClFN3. The fraction of sp³-hybridized carbons (Fsp3) is 1.00. The van der Waals surface area contributed by atoms with Crippen LogP contribution in [-0.4, -0.2) is 42.8 Å². The first-order chi connectivity index (χ1) is 5.63. The van der Waals surface area contributed by atoms with E-state index in [2.05, 4.69) is 4.90 Å². The molecular weight excluding hydrogens is 193 g/mol. The Hall–Kier alpha value is 0.1000. The van der Waals surface area contributed by atoms with Gasteiger partial charge in [0, 0.05) is 31.7 Å². The van der Waals surface area contributed by atoms with E-state index in [-0.39, 0.29) is 24.5 Å². The summed E-state index contributed by atoms with van der Waals surface area (Å²) in [7, 11) is 0. The summed E-state index contributed by atoms with van der Waals surface area (Å²) < 4.78 is 12.9. The maximum Gasteiger partial charge on any atom is 0.114 e. The van der Waals surface area contributed by atoms with Crippen molar-refractivity contribution in [2.45, 2.75) is 31.6 Å². The maximum atomic E-state index is 12.9. The van der Waals surface area contributed by atoms with Crippen LogP contribution in [0.25, 0.3) is 0 Å². The third-order valence-corrected chi connectivity index (χ3v) is 2.27. The van der Waals surface area contributed by atoms with Gasteiger partial charge in [-0.15, -0.1) is 12.4 Å². The summed E-state index contributed by atoms with van der Waals surface area (Å²) in [6.07, 6.45) is -0.138. The maximum absolute atomic E-state index is 12.9. The van der Waals surface area contributed by atoms with E-state index in [1.807, 2.05) is 6.92 Å². The van der Waals surface area contributed by atoms with E-state index in [0.717, 1.165) is 6.54 Å². The van der Waals surface area contributed by atoms with Gasteiger partial charge >= 0.3 is 0 Å². The van der Waals surface area contributed by atoms with E-state index >= 15 is 0 Å². The van der Waals surface area contributed by atoms with Crippen molar-refractivity contribution in [3.8, 4) is 0 Å². The van der Waals surface area contributed by atoms with Crippen molar-refractivity contribution < 1.29 is 4.39 Å². The van der Waals surface area contributed by atoms with Crippen LogP contribution in [0.4, 0.5) is 4.39 Å². The number of nitrogens with zero attached hydrogens (tertiary/aromatic N) is 1. The van der Waals surface area contributed by atoms with Crippen LogP contribution < -0.4 is 11.5 Å². The molecule has 0 saturated carbocycles. The van der Waals surface area contributed by atoms with Gasteiger partial charge in [0.25, 0.3) is 0 Å². The smallest absolute Gasteiger partial charge is 0.114 e. The Balaban J connectivity index is 0.00000144. The second-order valence-electron chi connectivity index (χ2n) is 3.65. The van der Waals surface area contributed by atoms with Gasteiger partial charge in [-0.3, -0.25) is 4.90 Å². The van der Waals surface area contributed by atoms with Crippen LogP contribution in [-0.2, 0) is 0 Å². The molecule has 1 aliphatic heterocycles. The van der Waals surface area contributed by atoms with Gasteiger partial charge in [-0.1, -0.05) is 0 Å². The predicted molar refractivity (Wildman–Crippen MR) is 54.8 cm³/mol. The van der Waals surface area contributed by atoms with Crippen molar-refractivity contribution in [3.63, 3.8) is 0 Å². The zero-order valence-electron chi connectivity index (χ0n) is 7.95. The fourth-order valence-corrected chi connectivity index (χ4v) is 1.76. The van der Waals surface area contributed by atoms with Crippen molar-refractivity contribution in [1.82, 2.24) is 4.90 Å². The number of hydrogen-bond donors (Lipinski definition) is 2. The van der Waals surface area contributed by atoms with Crippen LogP contribution in [0.1, 0.15) is 13.3 Å². The summed E-state index contributed by atoms with van der Waals surface area (Å²) in [6, 6.07) is 0.301. The number of nitrogens with two attached hydrogens (primary N) is 2. The number of hydrogen-bond acceptors (Lipinski definition) is 3. The summed E-state index contributed by atoms with van der Waals surface area (Å²) in [6.45, 7) is 3.72. The van der Waals surface area contributed by atoms with Gasteiger partial charge in [0.1, 0.15) is 6.17 Å². The first kappa shape index (κ1) is 13.1. The molecule has 0 amide bonds. The number of likely N-dealkylation sites (tertiary alicyclic amines) is 1. The summed E-state index contributed by atoms with van der Waals surface area (Å²) in [5.74, 6) is 0. The van der Waals surface area contributed by atoms with Crippen molar-refractivity contribution in [2.24, 2.45) is 11.5 Å². The number of alkyl halides is 1. The highest BCUT2D eigenvalue weighted by atomic mass is 35.5. The second kappa shape index (κ2) is 5.75. The fourth-order valence-electron chi connectivity index (χ4n) is 1.76. The van der Waals surface area contributed by atoms with E-state index in [9.17, 15) is 4.39 Å². The molecule has 1 unspecified atom stereocenters. The molecule has 1 aliphatic rings. The summed E-state index contributed by atoms with van der Waals surface area (Å²) >= 11 is 0. The minimum atomic E-state index is -0.711. The molecule has 3 atom stereocenters. The van der Waals surface area contributed by atoms with E-state index in [1.165, 1.54) is 0 Å². The van der Waals surface area contributed by atoms with Gasteiger partial charge in [-0.05, 0) is 13.3 Å². The Kier molecular flexibility index (Phi) is 5.80. The average Bonchev–Trinajstić information content (AvgIpc) is 2.29. The Morgan fingerprint density at radius 2 is 2.23 bits per heavy atom. The first-order valence-corrected chi connectivity index (χ1v) is 4.47. The van der Waals surface area contributed by atoms with Gasteiger partial charge in [-0.2, -0.15) is 0 Å². The Morgan fingerprint density at radius 3 is 2.69 bits per heavy atom. The molecule has 1 saturated heterocycles. The lowest BCUT2D eigenvalue weighted by Crippen LogP contribution is -2.42. The minimum Gasteiger partial charge on any atom is -0.329 e. The molecule has 13 heavy (non-hydrogen) atoms. The lowest BCUT2D eigenvalue weighted by Gasteiger charge is -2.24. The average molecular weight is 212 g/mol. The van der Waals surface area contributed by atoms with Crippen molar-refractivity contribution in [2.75, 3.05) is 19.6 Å². The highest BCUT2D eigenvalue weighted by molar-refractivity contribution is 5.85. The van der Waals surface area contributed by atoms with Crippen molar-refractivity contribution in [1.29, 1.82) is 0 Å². The Morgan fingerprint density at radius 1 is 1.62 bits per heavy atom. The largest absolute Gasteiger partial charge is 0.329 e. The van der Waals surface area contributed by atoms with Crippen LogP contribution in [0.15, 0.2) is 0 Å². The molecule has 0 aliphatic carbocycles. The third-order valence-electron chi connectivity index (χ3n) is 2.27. The predicted octanol–water partition coefficient (Wildman–Crippen LogP) is 0.127. The molecule has 3 nitrogen and oxygen atoms in total. The zero-order valence-corrected chi connectivity index (χ0v) is 8.77. The normalized spacial score (nSPS) is 31.4. The molecule has 1 rings (SSSR count). The van der Waals surface area contributed by atoms with Crippen LogP contribution >= 0.6 is 12.4 Å². The molecule has 4 N–H and O–H groups in total. The Bertz CT molecular complexity index is 145. The molecule has 0 radical (unpaired) electrons. The molecule has 5 heteroatoms. The van der Waals surface area contributed by atoms with E-state index in [4.69, 9.17) is 11.5 Å². The molecule has 0 aromatic carbocycles. The van der Waals surface area contributed by atoms with Crippen LogP contribution in [0.3, 0.4) is 0 Å². The highest BCUT2D eigenvalue weighted by Gasteiger charge is 2.30. The van der Waals surface area contributed by atoms with Gasteiger partial charge in [-0.25, -0.2) is 4.39 Å². The van der Waals surface area contributed by atoms with Crippen molar-refractivity contribution in [3.05, 3.63) is 0 Å². The van der Waals surface area contributed by atoms with E-state index in [0.29, 0.717) is 19.5 Å². The number of halogens is 2. The van der Waals surface area contributed by atoms with Crippen LogP contribution in [0, 0.1) is 0 Å². The second-order valence-corrected chi connectivity index (χ2v) is 3.65. The molecule has 0 aromatic rings. The van der Waals surface area contributed by atoms with Gasteiger partial charge in [0.05, 0.1) is 0 Å². The van der Waals surface area contributed by atoms with Crippen LogP contribution in [0.5, 0.6) is 0 Å². The topological polar surface area (TPSA) is 55.3 Å². The monoisotopic (exact) mass is 211 g/mol. The third kappa shape index (κ3) is 3.77. The first-order valence-electron chi connectivity index (χ1n) is 4.47. The molecule has 0 aromatic heterocycles. The summed E-state index contributed by atoms with van der Waals surface area (Å²) in [4.78, 5) is 2.05. The van der Waals surface area contributed by atoms with E-state index in [1.54, 1.807) is 0 Å².